The third kappa shape index (κ3) is 4.33. The topological polar surface area (TPSA) is 102 Å². The Morgan fingerprint density at radius 1 is 1.19 bits per heavy atom. The van der Waals surface area contributed by atoms with Gasteiger partial charge in [-0.15, -0.1) is 5.10 Å². The van der Waals surface area contributed by atoms with Crippen LogP contribution in [0.15, 0.2) is 65.7 Å². The number of hydrogen-bond donors (Lipinski definition) is 1. The molecule has 4 aromatic rings. The highest BCUT2D eigenvalue weighted by Crippen LogP contribution is 2.40. The first kappa shape index (κ1) is 20.2. The number of allylic oxidation sites excluding steroid dienone is 1. The summed E-state index contributed by atoms with van der Waals surface area (Å²) in [5.74, 6) is 0.880. The van der Waals surface area contributed by atoms with Crippen molar-refractivity contribution in [1.29, 1.82) is 0 Å². The highest BCUT2D eigenvalue weighted by molar-refractivity contribution is 7.09. The average molecular weight is 444 g/mol. The Labute approximate surface area is 188 Å². The van der Waals surface area contributed by atoms with E-state index in [1.807, 2.05) is 35.9 Å². The third-order valence-electron chi connectivity index (χ3n) is 5.20. The molecule has 0 unspecified atom stereocenters. The second kappa shape index (κ2) is 8.80. The minimum absolute atomic E-state index is 0.263. The summed E-state index contributed by atoms with van der Waals surface area (Å²) in [6.07, 6.45) is 5.48. The minimum atomic E-state index is -0.263. The van der Waals surface area contributed by atoms with Crippen LogP contribution >= 0.6 is 11.3 Å². The van der Waals surface area contributed by atoms with Gasteiger partial charge in [0.2, 0.25) is 4.80 Å². The highest BCUT2D eigenvalue weighted by Gasteiger charge is 2.27. The molecule has 2 heterocycles. The number of tetrazole rings is 1. The minimum Gasteiger partial charge on any atom is -0.267 e. The number of benzene rings is 2. The zero-order chi connectivity index (χ0) is 21.9. The molecule has 1 aliphatic carbocycles. The van der Waals surface area contributed by atoms with Crippen molar-refractivity contribution in [2.75, 3.05) is 0 Å². The Morgan fingerprint density at radius 2 is 1.97 bits per heavy atom. The lowest BCUT2D eigenvalue weighted by atomic mass is 9.98. The second-order valence-electron chi connectivity index (χ2n) is 7.60. The van der Waals surface area contributed by atoms with Gasteiger partial charge in [-0.25, -0.2) is 9.78 Å². The van der Waals surface area contributed by atoms with Gasteiger partial charge in [0, 0.05) is 17.6 Å². The van der Waals surface area contributed by atoms with Crippen molar-refractivity contribution >= 4 is 17.2 Å². The van der Waals surface area contributed by atoms with E-state index in [9.17, 15) is 4.79 Å². The Hall–Kier alpha value is -3.72. The quantitative estimate of drug-likeness (QED) is 0.458. The van der Waals surface area contributed by atoms with Crippen molar-refractivity contribution in [3.8, 4) is 22.5 Å². The van der Waals surface area contributed by atoms with Crippen molar-refractivity contribution in [1.82, 2.24) is 30.4 Å². The molecule has 160 valence electrons. The van der Waals surface area contributed by atoms with Crippen molar-refractivity contribution in [3.63, 3.8) is 0 Å². The molecule has 8 nitrogen and oxygen atoms in total. The first-order valence-electron chi connectivity index (χ1n) is 10.4. The summed E-state index contributed by atoms with van der Waals surface area (Å²) < 4.78 is 1.84. The maximum absolute atomic E-state index is 12.0. The summed E-state index contributed by atoms with van der Waals surface area (Å²) in [6, 6.07) is 16.3. The zero-order valence-electron chi connectivity index (χ0n) is 17.5. The Morgan fingerprint density at radius 3 is 2.66 bits per heavy atom. The molecule has 0 radical (unpaired) electrons. The number of amides is 1. The molecule has 2 aromatic heterocycles. The van der Waals surface area contributed by atoms with Crippen LogP contribution in [-0.2, 0) is 11.3 Å². The number of aromatic nitrogens is 6. The molecular weight excluding hydrogens is 422 g/mol. The average Bonchev–Trinajstić information content (AvgIpc) is 3.37. The fraction of sp³-hybridized carbons (Fsp3) is 0.217. The van der Waals surface area contributed by atoms with Gasteiger partial charge in [-0.2, -0.15) is 10.1 Å². The SMILES string of the molecule is C/C=C/C(=O)N=c1sc(C2CC2)nn1Cc1ccc(-c2ccccc2-c2nnn[nH]2)cc1. The fourth-order valence-electron chi connectivity index (χ4n) is 3.46. The molecule has 9 heteroatoms. The van der Waals surface area contributed by atoms with Gasteiger partial charge in [0.25, 0.3) is 5.91 Å². The third-order valence-corrected chi connectivity index (χ3v) is 6.31. The molecule has 1 saturated carbocycles. The number of aromatic amines is 1. The van der Waals surface area contributed by atoms with Crippen LogP contribution in [0.1, 0.15) is 36.3 Å². The van der Waals surface area contributed by atoms with Gasteiger partial charge in [-0.1, -0.05) is 65.9 Å². The number of rotatable bonds is 6. The van der Waals surface area contributed by atoms with E-state index in [0.29, 0.717) is 23.1 Å². The molecule has 1 amide bonds. The van der Waals surface area contributed by atoms with E-state index in [-0.39, 0.29) is 5.91 Å². The van der Waals surface area contributed by atoms with Crippen LogP contribution in [0.5, 0.6) is 0 Å². The lowest BCUT2D eigenvalue weighted by Crippen LogP contribution is -2.18. The van der Waals surface area contributed by atoms with Gasteiger partial charge in [-0.05, 0) is 46.9 Å². The number of H-pyrrole nitrogens is 1. The molecule has 0 aliphatic heterocycles. The Balaban J connectivity index is 1.44. The molecule has 0 bridgehead atoms. The summed E-state index contributed by atoms with van der Waals surface area (Å²) in [5.41, 5.74) is 4.13. The number of carbonyl (C=O) groups is 1. The molecule has 1 aliphatic rings. The lowest BCUT2D eigenvalue weighted by molar-refractivity contribution is -0.113. The van der Waals surface area contributed by atoms with Crippen LogP contribution in [0, 0.1) is 0 Å². The van der Waals surface area contributed by atoms with Crippen molar-refractivity contribution < 1.29 is 4.79 Å². The van der Waals surface area contributed by atoms with Gasteiger partial charge >= 0.3 is 0 Å². The van der Waals surface area contributed by atoms with E-state index in [1.54, 1.807) is 6.08 Å². The zero-order valence-corrected chi connectivity index (χ0v) is 18.3. The number of hydrogen-bond acceptors (Lipinski definition) is 6. The molecule has 2 aromatic carbocycles. The van der Waals surface area contributed by atoms with Gasteiger partial charge in [-0.3, -0.25) is 4.79 Å². The van der Waals surface area contributed by atoms with Crippen LogP contribution in [-0.4, -0.2) is 36.3 Å². The van der Waals surface area contributed by atoms with E-state index in [0.717, 1.165) is 40.1 Å². The van der Waals surface area contributed by atoms with Gasteiger partial charge in [0.15, 0.2) is 5.82 Å². The molecular formula is C23H21N7OS. The molecule has 1 fully saturated rings. The van der Waals surface area contributed by atoms with Crippen molar-refractivity contribution in [3.05, 3.63) is 76.1 Å². The van der Waals surface area contributed by atoms with E-state index in [4.69, 9.17) is 5.10 Å². The Bertz CT molecular complexity index is 1330. The second-order valence-corrected chi connectivity index (χ2v) is 8.58. The molecule has 0 spiro atoms. The van der Waals surface area contributed by atoms with Gasteiger partial charge in [0.05, 0.1) is 6.54 Å². The lowest BCUT2D eigenvalue weighted by Gasteiger charge is -2.08. The maximum atomic E-state index is 12.0. The standard InChI is InChI=1S/C23H21N7OS/c1-2-5-20(31)24-23-30(27-22(32-23)17-12-13-17)14-15-8-10-16(11-9-15)18-6-3-4-7-19(18)21-25-28-29-26-21/h2-11,17H,12-14H2,1H3,(H,25,26,28,29)/b5-2+,24-23?. The Kier molecular flexibility index (Phi) is 5.55. The molecule has 32 heavy (non-hydrogen) atoms. The molecule has 1 N–H and O–H groups in total. The predicted octanol–water partition coefficient (Wildman–Crippen LogP) is 3.72. The van der Waals surface area contributed by atoms with Crippen molar-refractivity contribution in [2.45, 2.75) is 32.2 Å². The van der Waals surface area contributed by atoms with Crippen molar-refractivity contribution in [2.24, 2.45) is 4.99 Å². The molecule has 0 saturated heterocycles. The first-order chi connectivity index (χ1) is 15.7. The van der Waals surface area contributed by atoms with E-state index >= 15 is 0 Å². The maximum Gasteiger partial charge on any atom is 0.272 e. The summed E-state index contributed by atoms with van der Waals surface area (Å²) in [7, 11) is 0. The summed E-state index contributed by atoms with van der Waals surface area (Å²) >= 11 is 1.51. The molecule has 5 rings (SSSR count). The highest BCUT2D eigenvalue weighted by atomic mass is 32.1. The monoisotopic (exact) mass is 443 g/mol. The number of nitrogens with zero attached hydrogens (tertiary/aromatic N) is 6. The normalized spacial score (nSPS) is 14.3. The predicted molar refractivity (Wildman–Crippen MR) is 122 cm³/mol. The summed E-state index contributed by atoms with van der Waals surface area (Å²) in [5, 5.41) is 20.1. The van der Waals surface area contributed by atoms with Gasteiger partial charge < -0.3 is 0 Å². The van der Waals surface area contributed by atoms with Crippen LogP contribution in [0.2, 0.25) is 0 Å². The van der Waals surface area contributed by atoms with Crippen LogP contribution in [0.4, 0.5) is 0 Å². The molecule has 0 atom stereocenters. The summed E-state index contributed by atoms with van der Waals surface area (Å²) in [4.78, 5) is 16.9. The number of nitrogens with one attached hydrogen (secondary N) is 1. The summed E-state index contributed by atoms with van der Waals surface area (Å²) in [6.45, 7) is 2.36. The smallest absolute Gasteiger partial charge is 0.267 e. The first-order valence-corrected chi connectivity index (χ1v) is 11.2. The van der Waals surface area contributed by atoms with Gasteiger partial charge in [0.1, 0.15) is 5.01 Å². The van der Waals surface area contributed by atoms with E-state index in [2.05, 4.69) is 49.9 Å². The van der Waals surface area contributed by atoms with Crippen LogP contribution < -0.4 is 4.80 Å². The van der Waals surface area contributed by atoms with Crippen LogP contribution in [0.3, 0.4) is 0 Å². The van der Waals surface area contributed by atoms with Crippen LogP contribution in [0.25, 0.3) is 22.5 Å². The van der Waals surface area contributed by atoms with E-state index < -0.39 is 0 Å². The number of carbonyl (C=O) groups excluding carboxylic acids is 1. The van der Waals surface area contributed by atoms with E-state index in [1.165, 1.54) is 17.4 Å². The fourth-order valence-corrected chi connectivity index (χ4v) is 4.53. The largest absolute Gasteiger partial charge is 0.272 e.